The fourth-order valence-corrected chi connectivity index (χ4v) is 3.71. The van der Waals surface area contributed by atoms with Gasteiger partial charge in [0, 0.05) is 17.7 Å². The van der Waals surface area contributed by atoms with Crippen LogP contribution >= 0.6 is 0 Å². The first kappa shape index (κ1) is 22.4. The minimum Gasteiger partial charge on any atom is -0.508 e. The Morgan fingerprint density at radius 2 is 1.88 bits per heavy atom. The lowest BCUT2D eigenvalue weighted by Crippen LogP contribution is -2.35. The molecule has 4 rings (SSSR count). The molecule has 1 aliphatic rings. The van der Waals surface area contributed by atoms with E-state index in [2.05, 4.69) is 0 Å². The Morgan fingerprint density at radius 3 is 2.55 bits per heavy atom. The summed E-state index contributed by atoms with van der Waals surface area (Å²) in [6, 6.07) is 5.21. The molecule has 0 radical (unpaired) electrons. The summed E-state index contributed by atoms with van der Waals surface area (Å²) in [5, 5.41) is 49.7. The van der Waals surface area contributed by atoms with E-state index in [0.29, 0.717) is 11.1 Å². The predicted molar refractivity (Wildman–Crippen MR) is 123 cm³/mol. The minimum atomic E-state index is -1.00. The summed E-state index contributed by atoms with van der Waals surface area (Å²) in [6.45, 7) is 2.88. The Kier molecular flexibility index (Phi) is 5.65. The van der Waals surface area contributed by atoms with Crippen molar-refractivity contribution in [3.05, 3.63) is 63.3 Å². The number of aromatic hydroxyl groups is 3. The van der Waals surface area contributed by atoms with Crippen LogP contribution in [0.1, 0.15) is 25.0 Å². The van der Waals surface area contributed by atoms with Crippen molar-refractivity contribution < 1.29 is 34.7 Å². The van der Waals surface area contributed by atoms with E-state index in [0.717, 1.165) is 6.07 Å². The molecular weight excluding hydrogens is 428 g/mol. The van der Waals surface area contributed by atoms with Gasteiger partial charge in [-0.3, -0.25) is 4.79 Å². The number of allylic oxidation sites excluding steroid dienone is 1. The molecule has 172 valence electrons. The van der Waals surface area contributed by atoms with Gasteiger partial charge in [0.15, 0.2) is 5.58 Å². The lowest BCUT2D eigenvalue weighted by atomic mass is 9.96. The van der Waals surface area contributed by atoms with Crippen LogP contribution in [0.25, 0.3) is 28.4 Å². The summed E-state index contributed by atoms with van der Waals surface area (Å²) in [5.41, 5.74) is -0.0889. The fraction of sp³-hybridized carbons (Fsp3) is 0.240. The third-order valence-corrected chi connectivity index (χ3v) is 5.63. The molecule has 2 aromatic carbocycles. The summed E-state index contributed by atoms with van der Waals surface area (Å²) in [7, 11) is 0. The van der Waals surface area contributed by atoms with E-state index in [9.17, 15) is 30.3 Å². The number of ether oxygens (including phenoxy) is 1. The average Bonchev–Trinajstić information content (AvgIpc) is 2.77. The largest absolute Gasteiger partial charge is 0.508 e. The third kappa shape index (κ3) is 3.94. The molecule has 0 fully saturated rings. The summed E-state index contributed by atoms with van der Waals surface area (Å²) >= 11 is 0. The van der Waals surface area contributed by atoms with Gasteiger partial charge < -0.3 is 34.7 Å². The molecule has 1 aliphatic heterocycles. The van der Waals surface area contributed by atoms with Crippen LogP contribution in [-0.4, -0.2) is 44.3 Å². The van der Waals surface area contributed by atoms with Crippen molar-refractivity contribution in [2.24, 2.45) is 0 Å². The highest BCUT2D eigenvalue weighted by atomic mass is 16.5. The molecule has 0 amide bonds. The van der Waals surface area contributed by atoms with Crippen LogP contribution in [-0.2, 0) is 6.42 Å². The van der Waals surface area contributed by atoms with Gasteiger partial charge in [0.05, 0.1) is 24.3 Å². The molecule has 0 saturated carbocycles. The van der Waals surface area contributed by atoms with Gasteiger partial charge in [-0.25, -0.2) is 0 Å². The van der Waals surface area contributed by atoms with Crippen LogP contribution in [0.5, 0.6) is 23.0 Å². The number of benzene rings is 2. The van der Waals surface area contributed by atoms with E-state index < -0.39 is 11.0 Å². The zero-order valence-corrected chi connectivity index (χ0v) is 18.1. The molecule has 3 aromatic rings. The average molecular weight is 452 g/mol. The molecule has 0 spiro atoms. The van der Waals surface area contributed by atoms with Crippen LogP contribution in [0.15, 0.2) is 51.2 Å². The summed E-state index contributed by atoms with van der Waals surface area (Å²) in [4.78, 5) is 13.5. The number of aliphatic hydroxyl groups excluding tert-OH is 2. The second-order valence-corrected chi connectivity index (χ2v) is 8.27. The van der Waals surface area contributed by atoms with Crippen molar-refractivity contribution in [3.63, 3.8) is 0 Å². The van der Waals surface area contributed by atoms with E-state index in [1.165, 1.54) is 18.2 Å². The smallest absolute Gasteiger partial charge is 0.200 e. The molecular formula is C25H24O8. The van der Waals surface area contributed by atoms with E-state index in [-0.39, 0.29) is 70.5 Å². The van der Waals surface area contributed by atoms with Crippen molar-refractivity contribution in [2.45, 2.75) is 25.9 Å². The second-order valence-electron chi connectivity index (χ2n) is 8.27. The van der Waals surface area contributed by atoms with Gasteiger partial charge in [-0.2, -0.15) is 0 Å². The number of rotatable bonds is 5. The fourth-order valence-electron chi connectivity index (χ4n) is 3.71. The van der Waals surface area contributed by atoms with Gasteiger partial charge >= 0.3 is 0 Å². The maximum absolute atomic E-state index is 13.5. The van der Waals surface area contributed by atoms with E-state index in [4.69, 9.17) is 9.15 Å². The van der Waals surface area contributed by atoms with Crippen LogP contribution in [0, 0.1) is 0 Å². The number of hydrogen-bond acceptors (Lipinski definition) is 8. The van der Waals surface area contributed by atoms with Gasteiger partial charge in [-0.15, -0.1) is 0 Å². The topological polar surface area (TPSA) is 141 Å². The van der Waals surface area contributed by atoms with Gasteiger partial charge in [0.2, 0.25) is 5.43 Å². The molecule has 8 heteroatoms. The predicted octanol–water partition coefficient (Wildman–Crippen LogP) is 3.21. The lowest BCUT2D eigenvalue weighted by Gasteiger charge is -2.30. The highest BCUT2D eigenvalue weighted by Crippen LogP contribution is 2.42. The van der Waals surface area contributed by atoms with Crippen LogP contribution < -0.4 is 10.2 Å². The van der Waals surface area contributed by atoms with Crippen molar-refractivity contribution in [2.75, 3.05) is 13.2 Å². The molecule has 1 unspecified atom stereocenters. The van der Waals surface area contributed by atoms with E-state index >= 15 is 0 Å². The minimum absolute atomic E-state index is 0.0540. The first-order chi connectivity index (χ1) is 15.7. The SMILES string of the molecule is CC(=CCc1c(-c2ccc(O)cc2O)oc2c3c(cc(O)c2c1=O)OC(C)(CO)C=C3)CO. The maximum atomic E-state index is 13.5. The van der Waals surface area contributed by atoms with E-state index in [1.54, 1.807) is 32.1 Å². The molecule has 5 N–H and O–H groups in total. The number of fused-ring (bicyclic) bond motifs is 3. The number of aliphatic hydroxyl groups is 2. The first-order valence-electron chi connectivity index (χ1n) is 10.3. The van der Waals surface area contributed by atoms with Gasteiger partial charge in [-0.05, 0) is 44.6 Å². The maximum Gasteiger partial charge on any atom is 0.200 e. The summed E-state index contributed by atoms with van der Waals surface area (Å²) in [5.74, 6) is -0.518. The lowest BCUT2D eigenvalue weighted by molar-refractivity contribution is 0.0640. The highest BCUT2D eigenvalue weighted by molar-refractivity contribution is 5.95. The Hall–Kier alpha value is -3.75. The molecule has 0 bridgehead atoms. The zero-order valence-electron chi connectivity index (χ0n) is 18.1. The van der Waals surface area contributed by atoms with Gasteiger partial charge in [0.1, 0.15) is 39.7 Å². The van der Waals surface area contributed by atoms with Crippen molar-refractivity contribution in [3.8, 4) is 34.3 Å². The van der Waals surface area contributed by atoms with E-state index in [1.807, 2.05) is 0 Å². The van der Waals surface area contributed by atoms with Crippen molar-refractivity contribution in [1.82, 2.24) is 0 Å². The summed E-state index contributed by atoms with van der Waals surface area (Å²) < 4.78 is 12.0. The van der Waals surface area contributed by atoms with Crippen LogP contribution in [0.4, 0.5) is 0 Å². The van der Waals surface area contributed by atoms with Gasteiger partial charge in [-0.1, -0.05) is 11.6 Å². The molecule has 2 heterocycles. The van der Waals surface area contributed by atoms with Crippen LogP contribution in [0.2, 0.25) is 0 Å². The molecule has 1 atom stereocenters. The Morgan fingerprint density at radius 1 is 1.12 bits per heavy atom. The summed E-state index contributed by atoms with van der Waals surface area (Å²) in [6.07, 6.45) is 5.01. The van der Waals surface area contributed by atoms with Gasteiger partial charge in [0.25, 0.3) is 0 Å². The zero-order chi connectivity index (χ0) is 23.9. The van der Waals surface area contributed by atoms with Crippen molar-refractivity contribution >= 4 is 17.0 Å². The molecule has 0 aliphatic carbocycles. The second kappa shape index (κ2) is 8.31. The number of phenolic OH excluding ortho intramolecular Hbond substituents is 3. The molecule has 33 heavy (non-hydrogen) atoms. The Balaban J connectivity index is 2.06. The first-order valence-corrected chi connectivity index (χ1v) is 10.3. The molecule has 8 nitrogen and oxygen atoms in total. The Bertz CT molecular complexity index is 1370. The monoisotopic (exact) mass is 452 g/mol. The normalized spacial score (nSPS) is 17.8. The quantitative estimate of drug-likeness (QED) is 0.372. The molecule has 0 saturated heterocycles. The third-order valence-electron chi connectivity index (χ3n) is 5.63. The van der Waals surface area contributed by atoms with Crippen LogP contribution in [0.3, 0.4) is 0 Å². The molecule has 1 aromatic heterocycles. The number of phenols is 3. The number of hydrogen-bond donors (Lipinski definition) is 5. The highest BCUT2D eigenvalue weighted by Gasteiger charge is 2.30. The standard InChI is InChI=1S/C25H24O8/c1-13(11-26)3-5-17-22(31)21-19(30)10-20-16(7-8-25(2,12-27)33-20)24(21)32-23(17)15-6-4-14(28)9-18(15)29/h3-4,6-10,26-30H,5,11-12H2,1-2H3. The van der Waals surface area contributed by atoms with Crippen molar-refractivity contribution in [1.29, 1.82) is 0 Å². The Labute approximate surface area is 188 Å².